The molecule has 0 spiro atoms. The predicted octanol–water partition coefficient (Wildman–Crippen LogP) is 2.36. The number of carbonyl (C=O) groups excluding carboxylic acids is 2. The van der Waals surface area contributed by atoms with Gasteiger partial charge in [0.25, 0.3) is 5.91 Å². The normalized spacial score (nSPS) is 16.6. The van der Waals surface area contributed by atoms with E-state index in [1.54, 1.807) is 29.2 Å². The largest absolute Gasteiger partial charge is 0.352 e. The number of hydrogen-bond acceptors (Lipinski definition) is 4. The van der Waals surface area contributed by atoms with E-state index in [-0.39, 0.29) is 17.9 Å². The van der Waals surface area contributed by atoms with Crippen molar-refractivity contribution in [3.8, 4) is 17.3 Å². The number of rotatable bonds is 3. The van der Waals surface area contributed by atoms with Crippen molar-refractivity contribution in [2.24, 2.45) is 0 Å². The van der Waals surface area contributed by atoms with E-state index in [9.17, 15) is 9.59 Å². The van der Waals surface area contributed by atoms with E-state index in [0.717, 1.165) is 18.4 Å². The van der Waals surface area contributed by atoms with Gasteiger partial charge in [0, 0.05) is 37.2 Å². The third-order valence-electron chi connectivity index (χ3n) is 4.41. The molecule has 3 rings (SSSR count). The second-order valence-electron chi connectivity index (χ2n) is 6.39. The second-order valence-corrected chi connectivity index (χ2v) is 6.39. The fourth-order valence-electron chi connectivity index (χ4n) is 3.19. The number of nitrogens with zero attached hydrogens (tertiary/aromatic N) is 3. The minimum Gasteiger partial charge on any atom is -0.352 e. The zero-order valence-corrected chi connectivity index (χ0v) is 14.6. The van der Waals surface area contributed by atoms with Crippen molar-refractivity contribution < 1.29 is 9.59 Å². The van der Waals surface area contributed by atoms with Crippen LogP contribution in [-0.2, 0) is 4.79 Å². The van der Waals surface area contributed by atoms with Gasteiger partial charge in [-0.1, -0.05) is 18.2 Å². The molecule has 6 nitrogen and oxygen atoms in total. The first-order valence-electron chi connectivity index (χ1n) is 8.61. The van der Waals surface area contributed by atoms with Crippen LogP contribution < -0.4 is 5.32 Å². The van der Waals surface area contributed by atoms with Crippen LogP contribution in [0.1, 0.15) is 35.8 Å². The number of benzene rings is 1. The zero-order chi connectivity index (χ0) is 18.5. The maximum Gasteiger partial charge on any atom is 0.253 e. The topological polar surface area (TPSA) is 86.1 Å². The van der Waals surface area contributed by atoms with Crippen molar-refractivity contribution in [1.82, 2.24) is 15.2 Å². The third-order valence-corrected chi connectivity index (χ3v) is 4.41. The van der Waals surface area contributed by atoms with Gasteiger partial charge in [0.05, 0.1) is 5.69 Å². The van der Waals surface area contributed by atoms with E-state index >= 15 is 0 Å². The first kappa shape index (κ1) is 17.6. The molecule has 0 radical (unpaired) electrons. The summed E-state index contributed by atoms with van der Waals surface area (Å²) in [6, 6.07) is 14.6. The summed E-state index contributed by atoms with van der Waals surface area (Å²) in [5.41, 5.74) is 2.52. The van der Waals surface area contributed by atoms with E-state index < -0.39 is 0 Å². The first-order chi connectivity index (χ1) is 12.6. The lowest BCUT2D eigenvalue weighted by Gasteiger charge is -2.33. The Bertz CT molecular complexity index is 855. The number of likely N-dealkylation sites (tertiary alicyclic amines) is 1. The number of amides is 2. The molecule has 1 atom stereocenters. The lowest BCUT2D eigenvalue weighted by Crippen LogP contribution is -2.49. The van der Waals surface area contributed by atoms with Gasteiger partial charge < -0.3 is 10.2 Å². The van der Waals surface area contributed by atoms with Crippen LogP contribution in [0.15, 0.2) is 42.5 Å². The van der Waals surface area contributed by atoms with Gasteiger partial charge in [-0.3, -0.25) is 9.59 Å². The van der Waals surface area contributed by atoms with Gasteiger partial charge in [0.2, 0.25) is 5.91 Å². The monoisotopic (exact) mass is 348 g/mol. The molecular formula is C20H20N4O2. The Hall–Kier alpha value is -3.20. The van der Waals surface area contributed by atoms with Crippen LogP contribution in [0.25, 0.3) is 11.3 Å². The quantitative estimate of drug-likeness (QED) is 0.922. The van der Waals surface area contributed by atoms with Crippen LogP contribution in [0.4, 0.5) is 0 Å². The second kappa shape index (κ2) is 7.79. The van der Waals surface area contributed by atoms with Crippen LogP contribution in [0.3, 0.4) is 0 Å². The fraction of sp³-hybridized carbons (Fsp3) is 0.300. The lowest BCUT2D eigenvalue weighted by molar-refractivity contribution is -0.120. The molecule has 132 valence electrons. The molecule has 2 aromatic rings. The summed E-state index contributed by atoms with van der Waals surface area (Å²) in [5.74, 6) is -0.105. The van der Waals surface area contributed by atoms with Crippen LogP contribution in [0, 0.1) is 11.3 Å². The van der Waals surface area contributed by atoms with Gasteiger partial charge in [0.15, 0.2) is 0 Å². The summed E-state index contributed by atoms with van der Waals surface area (Å²) in [4.78, 5) is 30.0. The molecule has 1 aliphatic heterocycles. The van der Waals surface area contributed by atoms with Crippen molar-refractivity contribution in [2.75, 3.05) is 13.1 Å². The maximum absolute atomic E-state index is 12.7. The average molecular weight is 348 g/mol. The van der Waals surface area contributed by atoms with Crippen LogP contribution in [-0.4, -0.2) is 40.8 Å². The maximum atomic E-state index is 12.7. The highest BCUT2D eigenvalue weighted by Gasteiger charge is 2.24. The molecule has 1 aromatic heterocycles. The lowest BCUT2D eigenvalue weighted by atomic mass is 10.0. The molecule has 2 amide bonds. The summed E-state index contributed by atoms with van der Waals surface area (Å²) in [5, 5.41) is 11.8. The third kappa shape index (κ3) is 4.06. The predicted molar refractivity (Wildman–Crippen MR) is 97.1 cm³/mol. The number of nitrogens with one attached hydrogen (secondary N) is 1. The number of pyridine rings is 1. The average Bonchev–Trinajstić information content (AvgIpc) is 2.67. The molecule has 0 saturated carbocycles. The van der Waals surface area contributed by atoms with Gasteiger partial charge in [-0.25, -0.2) is 4.98 Å². The minimum absolute atomic E-state index is 0.0161. The van der Waals surface area contributed by atoms with E-state index in [4.69, 9.17) is 5.26 Å². The Kier molecular flexibility index (Phi) is 5.28. The van der Waals surface area contributed by atoms with E-state index in [0.29, 0.717) is 30.0 Å². The van der Waals surface area contributed by atoms with E-state index in [1.165, 1.54) is 6.92 Å². The Morgan fingerprint density at radius 2 is 2.00 bits per heavy atom. The number of piperidine rings is 1. The Morgan fingerprint density at radius 1 is 1.23 bits per heavy atom. The van der Waals surface area contributed by atoms with Gasteiger partial charge in [-0.15, -0.1) is 0 Å². The molecule has 1 aliphatic rings. The summed E-state index contributed by atoms with van der Waals surface area (Å²) in [7, 11) is 0. The van der Waals surface area contributed by atoms with Gasteiger partial charge in [-0.05, 0) is 37.1 Å². The van der Waals surface area contributed by atoms with Crippen molar-refractivity contribution >= 4 is 11.8 Å². The van der Waals surface area contributed by atoms with Gasteiger partial charge in [0.1, 0.15) is 11.8 Å². The highest BCUT2D eigenvalue weighted by atomic mass is 16.2. The summed E-state index contributed by atoms with van der Waals surface area (Å²) >= 11 is 0. The molecule has 1 N–H and O–H groups in total. The Labute approximate surface area is 152 Å². The SMILES string of the molecule is CC(=O)N[C@H]1CCCN(C(=O)c2ccc(-c3cccc(C#N)n3)cc2)C1. The molecule has 2 heterocycles. The van der Waals surface area contributed by atoms with Crippen LogP contribution >= 0.6 is 0 Å². The number of nitriles is 1. The van der Waals surface area contributed by atoms with Crippen molar-refractivity contribution in [3.05, 3.63) is 53.7 Å². The van der Waals surface area contributed by atoms with Gasteiger partial charge in [-0.2, -0.15) is 5.26 Å². The van der Waals surface area contributed by atoms with Crippen molar-refractivity contribution in [3.63, 3.8) is 0 Å². The van der Waals surface area contributed by atoms with Crippen LogP contribution in [0.2, 0.25) is 0 Å². The Balaban J connectivity index is 1.72. The molecule has 26 heavy (non-hydrogen) atoms. The zero-order valence-electron chi connectivity index (χ0n) is 14.6. The number of carbonyl (C=O) groups is 2. The molecule has 0 unspecified atom stereocenters. The highest BCUT2D eigenvalue weighted by Crippen LogP contribution is 2.20. The fourth-order valence-corrected chi connectivity index (χ4v) is 3.19. The van der Waals surface area contributed by atoms with Crippen molar-refractivity contribution in [1.29, 1.82) is 5.26 Å². The summed E-state index contributed by atoms with van der Waals surface area (Å²) in [6.07, 6.45) is 1.77. The number of hydrogen-bond donors (Lipinski definition) is 1. The minimum atomic E-state index is -0.0687. The van der Waals surface area contributed by atoms with Crippen molar-refractivity contribution in [2.45, 2.75) is 25.8 Å². The summed E-state index contributed by atoms with van der Waals surface area (Å²) in [6.45, 7) is 2.73. The van der Waals surface area contributed by atoms with Gasteiger partial charge >= 0.3 is 0 Å². The highest BCUT2D eigenvalue weighted by molar-refractivity contribution is 5.94. The number of aromatic nitrogens is 1. The molecule has 1 saturated heterocycles. The summed E-state index contributed by atoms with van der Waals surface area (Å²) < 4.78 is 0. The molecular weight excluding hydrogens is 328 g/mol. The standard InChI is InChI=1S/C20H20N4O2/c1-14(25)22-18-5-3-11-24(13-18)20(26)16-9-7-15(8-10-16)19-6-2-4-17(12-21)23-19/h2,4,6-10,18H,3,5,11,13H2,1H3,(H,22,25)/t18-/m0/s1. The van der Waals surface area contributed by atoms with E-state index in [2.05, 4.69) is 10.3 Å². The molecule has 1 aromatic carbocycles. The van der Waals surface area contributed by atoms with E-state index in [1.807, 2.05) is 24.3 Å². The smallest absolute Gasteiger partial charge is 0.253 e. The Morgan fingerprint density at radius 3 is 2.69 bits per heavy atom. The molecule has 6 heteroatoms. The van der Waals surface area contributed by atoms with Crippen LogP contribution in [0.5, 0.6) is 0 Å². The molecule has 0 aliphatic carbocycles. The first-order valence-corrected chi connectivity index (χ1v) is 8.61. The molecule has 1 fully saturated rings. The molecule has 0 bridgehead atoms.